The van der Waals surface area contributed by atoms with Crippen molar-refractivity contribution in [2.75, 3.05) is 19.6 Å². The highest BCUT2D eigenvalue weighted by Crippen LogP contribution is 2.22. The van der Waals surface area contributed by atoms with Crippen molar-refractivity contribution in [2.24, 2.45) is 0 Å². The minimum Gasteiger partial charge on any atom is -0.341 e. The zero-order valence-electron chi connectivity index (χ0n) is 10.7. The number of benzene rings is 1. The molecule has 1 N–H and O–H groups in total. The standard InChI is InChI=1S/C14H19BrN2O/c1-11(12-5-2-3-6-13(12)15)16-8-10-17-9-4-7-14(17)18/h2-3,5-6,11,16H,4,7-10H2,1H3/t11-/m0/s1. The van der Waals surface area contributed by atoms with Gasteiger partial charge in [-0.2, -0.15) is 0 Å². The second-order valence-corrected chi connectivity index (χ2v) is 5.54. The van der Waals surface area contributed by atoms with Gasteiger partial charge in [-0.25, -0.2) is 0 Å². The first-order valence-electron chi connectivity index (χ1n) is 6.44. The van der Waals surface area contributed by atoms with Crippen LogP contribution in [0, 0.1) is 0 Å². The minimum atomic E-state index is 0.290. The predicted octanol–water partition coefficient (Wildman–Crippen LogP) is 2.72. The van der Waals surface area contributed by atoms with Gasteiger partial charge in [-0.05, 0) is 25.0 Å². The van der Waals surface area contributed by atoms with Gasteiger partial charge < -0.3 is 10.2 Å². The maximum atomic E-state index is 11.5. The number of likely N-dealkylation sites (tertiary alicyclic amines) is 1. The van der Waals surface area contributed by atoms with E-state index in [-0.39, 0.29) is 0 Å². The van der Waals surface area contributed by atoms with Gasteiger partial charge in [0.15, 0.2) is 0 Å². The van der Waals surface area contributed by atoms with Crippen LogP contribution in [0.1, 0.15) is 31.4 Å². The van der Waals surface area contributed by atoms with E-state index in [1.54, 1.807) is 0 Å². The Kier molecular flexibility index (Phi) is 4.78. The Labute approximate surface area is 117 Å². The molecule has 0 unspecified atom stereocenters. The molecule has 1 fully saturated rings. The summed E-state index contributed by atoms with van der Waals surface area (Å²) in [6.07, 6.45) is 1.73. The molecule has 98 valence electrons. The Morgan fingerprint density at radius 3 is 2.89 bits per heavy atom. The van der Waals surface area contributed by atoms with Crippen LogP contribution in [0.2, 0.25) is 0 Å². The average Bonchev–Trinajstić information content (AvgIpc) is 2.75. The van der Waals surface area contributed by atoms with Crippen molar-refractivity contribution in [1.29, 1.82) is 0 Å². The molecule has 0 bridgehead atoms. The van der Waals surface area contributed by atoms with Gasteiger partial charge in [0.05, 0.1) is 0 Å². The molecule has 1 aliphatic heterocycles. The molecule has 1 aromatic carbocycles. The molecule has 1 atom stereocenters. The highest BCUT2D eigenvalue weighted by Gasteiger charge is 2.19. The molecule has 1 heterocycles. The van der Waals surface area contributed by atoms with Crippen molar-refractivity contribution < 1.29 is 4.79 Å². The van der Waals surface area contributed by atoms with Crippen LogP contribution >= 0.6 is 15.9 Å². The van der Waals surface area contributed by atoms with E-state index in [1.807, 2.05) is 17.0 Å². The minimum absolute atomic E-state index is 0.290. The number of nitrogens with one attached hydrogen (secondary N) is 1. The lowest BCUT2D eigenvalue weighted by Crippen LogP contribution is -2.33. The number of rotatable bonds is 5. The summed E-state index contributed by atoms with van der Waals surface area (Å²) >= 11 is 3.56. The fourth-order valence-corrected chi connectivity index (χ4v) is 2.92. The second kappa shape index (κ2) is 6.34. The van der Waals surface area contributed by atoms with E-state index in [2.05, 4.69) is 40.3 Å². The van der Waals surface area contributed by atoms with Crippen LogP contribution in [0.15, 0.2) is 28.7 Å². The smallest absolute Gasteiger partial charge is 0.222 e. The molecule has 1 amide bonds. The van der Waals surface area contributed by atoms with Gasteiger partial charge in [0.1, 0.15) is 0 Å². The highest BCUT2D eigenvalue weighted by molar-refractivity contribution is 9.10. The quantitative estimate of drug-likeness (QED) is 0.907. The van der Waals surface area contributed by atoms with Crippen molar-refractivity contribution in [3.63, 3.8) is 0 Å². The number of nitrogens with zero attached hydrogens (tertiary/aromatic N) is 1. The van der Waals surface area contributed by atoms with E-state index in [9.17, 15) is 4.79 Å². The molecule has 1 saturated heterocycles. The summed E-state index contributed by atoms with van der Waals surface area (Å²) in [5.41, 5.74) is 1.25. The van der Waals surface area contributed by atoms with Crippen LogP contribution < -0.4 is 5.32 Å². The van der Waals surface area contributed by atoms with Gasteiger partial charge in [-0.1, -0.05) is 34.1 Å². The highest BCUT2D eigenvalue weighted by atomic mass is 79.9. The Hall–Kier alpha value is -0.870. The Bertz CT molecular complexity index is 422. The van der Waals surface area contributed by atoms with E-state index in [0.29, 0.717) is 11.9 Å². The molecular weight excluding hydrogens is 292 g/mol. The first kappa shape index (κ1) is 13.6. The number of halogens is 1. The van der Waals surface area contributed by atoms with Gasteiger partial charge in [0, 0.05) is 36.6 Å². The van der Waals surface area contributed by atoms with Crippen molar-refractivity contribution in [3.8, 4) is 0 Å². The van der Waals surface area contributed by atoms with Crippen molar-refractivity contribution in [3.05, 3.63) is 34.3 Å². The molecular formula is C14H19BrN2O. The molecule has 2 rings (SSSR count). The maximum Gasteiger partial charge on any atom is 0.222 e. The number of carbonyl (C=O) groups is 1. The number of carbonyl (C=O) groups excluding carboxylic acids is 1. The third-order valence-corrected chi connectivity index (χ3v) is 4.10. The SMILES string of the molecule is C[C@H](NCCN1CCCC1=O)c1ccccc1Br. The lowest BCUT2D eigenvalue weighted by atomic mass is 10.1. The van der Waals surface area contributed by atoms with Gasteiger partial charge in [-0.15, -0.1) is 0 Å². The number of amides is 1. The van der Waals surface area contributed by atoms with E-state index < -0.39 is 0 Å². The normalized spacial score (nSPS) is 17.2. The van der Waals surface area contributed by atoms with Gasteiger partial charge in [-0.3, -0.25) is 4.79 Å². The fourth-order valence-electron chi connectivity index (χ4n) is 2.29. The van der Waals surface area contributed by atoms with Crippen LogP contribution in [0.4, 0.5) is 0 Å². The Morgan fingerprint density at radius 2 is 2.22 bits per heavy atom. The van der Waals surface area contributed by atoms with E-state index in [4.69, 9.17) is 0 Å². The summed E-state index contributed by atoms with van der Waals surface area (Å²) in [4.78, 5) is 13.4. The molecule has 0 spiro atoms. The Morgan fingerprint density at radius 1 is 1.44 bits per heavy atom. The second-order valence-electron chi connectivity index (χ2n) is 4.68. The van der Waals surface area contributed by atoms with E-state index in [1.165, 1.54) is 5.56 Å². The van der Waals surface area contributed by atoms with Crippen LogP contribution in [0.3, 0.4) is 0 Å². The average molecular weight is 311 g/mol. The van der Waals surface area contributed by atoms with Crippen LogP contribution in [0.5, 0.6) is 0 Å². The predicted molar refractivity (Wildman–Crippen MR) is 76.4 cm³/mol. The number of hydrogen-bond donors (Lipinski definition) is 1. The van der Waals surface area contributed by atoms with Gasteiger partial charge in [0.2, 0.25) is 5.91 Å². The zero-order valence-corrected chi connectivity index (χ0v) is 12.2. The third kappa shape index (κ3) is 3.33. The van der Waals surface area contributed by atoms with Gasteiger partial charge >= 0.3 is 0 Å². The largest absolute Gasteiger partial charge is 0.341 e. The summed E-state index contributed by atoms with van der Waals surface area (Å²) in [7, 11) is 0. The van der Waals surface area contributed by atoms with Crippen molar-refractivity contribution in [1.82, 2.24) is 10.2 Å². The topological polar surface area (TPSA) is 32.3 Å². The first-order chi connectivity index (χ1) is 8.68. The monoisotopic (exact) mass is 310 g/mol. The Balaban J connectivity index is 1.80. The molecule has 1 aromatic rings. The first-order valence-corrected chi connectivity index (χ1v) is 7.23. The van der Waals surface area contributed by atoms with Crippen molar-refractivity contribution >= 4 is 21.8 Å². The lowest BCUT2D eigenvalue weighted by molar-refractivity contribution is -0.127. The zero-order chi connectivity index (χ0) is 13.0. The molecule has 4 heteroatoms. The molecule has 0 radical (unpaired) electrons. The molecule has 3 nitrogen and oxygen atoms in total. The maximum absolute atomic E-state index is 11.5. The summed E-state index contributed by atoms with van der Waals surface area (Å²) < 4.78 is 1.13. The van der Waals surface area contributed by atoms with Crippen LogP contribution in [-0.2, 0) is 4.79 Å². The van der Waals surface area contributed by atoms with Crippen LogP contribution in [0.25, 0.3) is 0 Å². The summed E-state index contributed by atoms with van der Waals surface area (Å²) in [5.74, 6) is 0.297. The summed E-state index contributed by atoms with van der Waals surface area (Å²) in [6.45, 7) is 4.72. The fraction of sp³-hybridized carbons (Fsp3) is 0.500. The third-order valence-electron chi connectivity index (χ3n) is 3.38. The summed E-state index contributed by atoms with van der Waals surface area (Å²) in [5, 5.41) is 3.46. The molecule has 0 aromatic heterocycles. The molecule has 0 aliphatic carbocycles. The molecule has 0 saturated carbocycles. The van der Waals surface area contributed by atoms with E-state index >= 15 is 0 Å². The van der Waals surface area contributed by atoms with Crippen LogP contribution in [-0.4, -0.2) is 30.4 Å². The molecule has 18 heavy (non-hydrogen) atoms. The molecule has 1 aliphatic rings. The summed E-state index contributed by atoms with van der Waals surface area (Å²) in [6, 6.07) is 8.52. The van der Waals surface area contributed by atoms with E-state index in [0.717, 1.165) is 36.9 Å². The lowest BCUT2D eigenvalue weighted by Gasteiger charge is -2.19. The van der Waals surface area contributed by atoms with Gasteiger partial charge in [0.25, 0.3) is 0 Å². The van der Waals surface area contributed by atoms with Crippen molar-refractivity contribution in [2.45, 2.75) is 25.8 Å². The number of hydrogen-bond acceptors (Lipinski definition) is 2.